The molecule has 5 nitrogen and oxygen atoms in total. The molecule has 0 spiro atoms. The van der Waals surface area contributed by atoms with Gasteiger partial charge in [0.2, 0.25) is 11.8 Å². The van der Waals surface area contributed by atoms with Crippen molar-refractivity contribution in [1.29, 1.82) is 0 Å². The zero-order valence-corrected chi connectivity index (χ0v) is 15.9. The number of carbonyl (C=O) groups is 3. The Hall–Kier alpha value is -1.30. The highest BCUT2D eigenvalue weighted by atomic mass is 32.2. The highest BCUT2D eigenvalue weighted by Crippen LogP contribution is 2.30. The molecule has 2 aliphatic rings. The molecule has 0 aromatic rings. The summed E-state index contributed by atoms with van der Waals surface area (Å²) in [5.41, 5.74) is -0.495. The average molecular weight is 353 g/mol. The molecule has 0 radical (unpaired) electrons. The van der Waals surface area contributed by atoms with Crippen molar-refractivity contribution in [1.82, 2.24) is 10.2 Å². The maximum absolute atomic E-state index is 12.4. The third kappa shape index (κ3) is 4.85. The molecule has 1 saturated heterocycles. The molecule has 1 N–H and O–H groups in total. The molecule has 0 aromatic carbocycles. The van der Waals surface area contributed by atoms with Gasteiger partial charge in [0.15, 0.2) is 5.78 Å². The van der Waals surface area contributed by atoms with E-state index in [-0.39, 0.29) is 35.9 Å². The van der Waals surface area contributed by atoms with Gasteiger partial charge in [-0.05, 0) is 18.8 Å². The van der Waals surface area contributed by atoms with Crippen LogP contribution in [0.2, 0.25) is 0 Å². The van der Waals surface area contributed by atoms with Crippen LogP contribution in [0.1, 0.15) is 53.4 Å². The standard InChI is InChI=1S/C18H28N2O3S/c1-12-7-5-6-8-13(12)19-15(22)10-20-16(23)11-24-17(20)9-14(21)18(2,3)4/h9,12-13H,5-8,10-11H2,1-4H3,(H,19,22)/b17-9+/t12-,13-/m0/s1. The van der Waals surface area contributed by atoms with Crippen LogP contribution in [-0.2, 0) is 14.4 Å². The van der Waals surface area contributed by atoms with Gasteiger partial charge in [0, 0.05) is 17.5 Å². The van der Waals surface area contributed by atoms with Crippen LogP contribution in [0.3, 0.4) is 0 Å². The van der Waals surface area contributed by atoms with E-state index in [2.05, 4.69) is 12.2 Å². The number of thioether (sulfide) groups is 1. The van der Waals surface area contributed by atoms with Crippen LogP contribution >= 0.6 is 11.8 Å². The molecule has 24 heavy (non-hydrogen) atoms. The van der Waals surface area contributed by atoms with Gasteiger partial charge in [-0.1, -0.05) is 52.3 Å². The Morgan fingerprint density at radius 1 is 1.29 bits per heavy atom. The summed E-state index contributed by atoms with van der Waals surface area (Å²) >= 11 is 1.33. The first-order chi connectivity index (χ1) is 11.2. The number of carbonyl (C=O) groups excluding carboxylic acids is 3. The topological polar surface area (TPSA) is 66.5 Å². The number of amides is 2. The summed E-state index contributed by atoms with van der Waals surface area (Å²) in [6, 6.07) is 0.195. The Labute approximate surface area is 148 Å². The van der Waals surface area contributed by atoms with Crippen molar-refractivity contribution in [2.24, 2.45) is 11.3 Å². The summed E-state index contributed by atoms with van der Waals surface area (Å²) in [4.78, 5) is 38.1. The maximum Gasteiger partial charge on any atom is 0.240 e. The molecule has 2 amide bonds. The quantitative estimate of drug-likeness (QED) is 0.790. The van der Waals surface area contributed by atoms with Crippen molar-refractivity contribution in [3.8, 4) is 0 Å². The van der Waals surface area contributed by atoms with Crippen LogP contribution in [0.4, 0.5) is 0 Å². The van der Waals surface area contributed by atoms with Crippen LogP contribution < -0.4 is 5.32 Å². The predicted molar refractivity (Wildman–Crippen MR) is 96.3 cm³/mol. The first-order valence-corrected chi connectivity index (χ1v) is 9.65. The Bertz CT molecular complexity index is 551. The highest BCUT2D eigenvalue weighted by molar-refractivity contribution is 8.04. The Kier molecular flexibility index (Phi) is 6.12. The second kappa shape index (κ2) is 7.72. The monoisotopic (exact) mass is 352 g/mol. The number of hydrogen-bond donors (Lipinski definition) is 1. The summed E-state index contributed by atoms with van der Waals surface area (Å²) < 4.78 is 0. The first kappa shape index (κ1) is 19.0. The fourth-order valence-electron chi connectivity index (χ4n) is 2.96. The summed E-state index contributed by atoms with van der Waals surface area (Å²) in [7, 11) is 0. The molecule has 1 aliphatic heterocycles. The molecular weight excluding hydrogens is 324 g/mol. The molecule has 0 aromatic heterocycles. The zero-order valence-electron chi connectivity index (χ0n) is 15.1. The van der Waals surface area contributed by atoms with Crippen molar-refractivity contribution in [3.63, 3.8) is 0 Å². The largest absolute Gasteiger partial charge is 0.352 e. The first-order valence-electron chi connectivity index (χ1n) is 8.67. The summed E-state index contributed by atoms with van der Waals surface area (Å²) in [6.45, 7) is 7.69. The van der Waals surface area contributed by atoms with E-state index in [9.17, 15) is 14.4 Å². The van der Waals surface area contributed by atoms with Crippen LogP contribution in [0.5, 0.6) is 0 Å². The van der Waals surface area contributed by atoms with Crippen LogP contribution in [0.15, 0.2) is 11.1 Å². The van der Waals surface area contributed by atoms with Crippen molar-refractivity contribution in [2.45, 2.75) is 59.4 Å². The van der Waals surface area contributed by atoms with E-state index in [1.807, 2.05) is 20.8 Å². The van der Waals surface area contributed by atoms with E-state index >= 15 is 0 Å². The highest BCUT2D eigenvalue weighted by Gasteiger charge is 2.32. The molecule has 1 heterocycles. The van der Waals surface area contributed by atoms with Crippen LogP contribution in [0, 0.1) is 11.3 Å². The lowest BCUT2D eigenvalue weighted by molar-refractivity contribution is -0.131. The van der Waals surface area contributed by atoms with E-state index in [0.29, 0.717) is 10.9 Å². The van der Waals surface area contributed by atoms with Gasteiger partial charge in [0.05, 0.1) is 10.8 Å². The lowest BCUT2D eigenvalue weighted by Gasteiger charge is -2.30. The number of hydrogen-bond acceptors (Lipinski definition) is 4. The second-order valence-electron chi connectivity index (χ2n) is 7.80. The molecular formula is C18H28N2O3S. The number of allylic oxidation sites excluding steroid dienone is 1. The second-order valence-corrected chi connectivity index (χ2v) is 8.80. The Balaban J connectivity index is 2.00. The number of nitrogens with zero attached hydrogens (tertiary/aromatic N) is 1. The molecule has 1 saturated carbocycles. The molecule has 2 atom stereocenters. The minimum atomic E-state index is -0.495. The summed E-state index contributed by atoms with van der Waals surface area (Å²) in [5, 5.41) is 3.66. The van der Waals surface area contributed by atoms with Gasteiger partial charge in [-0.25, -0.2) is 0 Å². The van der Waals surface area contributed by atoms with Gasteiger partial charge in [0.1, 0.15) is 6.54 Å². The maximum atomic E-state index is 12.4. The summed E-state index contributed by atoms with van der Waals surface area (Å²) in [5.74, 6) is 0.476. The third-order valence-electron chi connectivity index (χ3n) is 4.66. The Morgan fingerprint density at radius 3 is 2.58 bits per heavy atom. The summed E-state index contributed by atoms with van der Waals surface area (Å²) in [6.07, 6.45) is 6.00. The van der Waals surface area contributed by atoms with Crippen molar-refractivity contribution < 1.29 is 14.4 Å². The minimum Gasteiger partial charge on any atom is -0.352 e. The number of rotatable bonds is 4. The number of ketones is 1. The van der Waals surface area contributed by atoms with Crippen LogP contribution in [0.25, 0.3) is 0 Å². The van der Waals surface area contributed by atoms with Gasteiger partial charge in [-0.2, -0.15) is 0 Å². The average Bonchev–Trinajstić information content (AvgIpc) is 2.81. The lowest BCUT2D eigenvalue weighted by atomic mass is 9.86. The molecule has 1 aliphatic carbocycles. The van der Waals surface area contributed by atoms with E-state index in [0.717, 1.165) is 19.3 Å². The van der Waals surface area contributed by atoms with Gasteiger partial charge < -0.3 is 5.32 Å². The van der Waals surface area contributed by atoms with Crippen molar-refractivity contribution in [2.75, 3.05) is 12.3 Å². The molecule has 2 rings (SSSR count). The third-order valence-corrected chi connectivity index (χ3v) is 5.69. The fourth-order valence-corrected chi connectivity index (χ4v) is 3.90. The molecule has 134 valence electrons. The van der Waals surface area contributed by atoms with E-state index in [4.69, 9.17) is 0 Å². The van der Waals surface area contributed by atoms with E-state index in [1.165, 1.54) is 29.2 Å². The smallest absolute Gasteiger partial charge is 0.240 e. The Morgan fingerprint density at radius 2 is 1.96 bits per heavy atom. The number of nitrogens with one attached hydrogen (secondary N) is 1. The van der Waals surface area contributed by atoms with E-state index in [1.54, 1.807) is 0 Å². The van der Waals surface area contributed by atoms with Gasteiger partial charge >= 0.3 is 0 Å². The lowest BCUT2D eigenvalue weighted by Crippen LogP contribution is -2.45. The van der Waals surface area contributed by atoms with Crippen molar-refractivity contribution in [3.05, 3.63) is 11.1 Å². The van der Waals surface area contributed by atoms with E-state index < -0.39 is 5.41 Å². The SMILES string of the molecule is C[C@H]1CCCC[C@@H]1NC(=O)CN1C(=O)CS/C1=C/C(=O)C(C)(C)C. The molecule has 2 fully saturated rings. The van der Waals surface area contributed by atoms with Gasteiger partial charge in [-0.3, -0.25) is 19.3 Å². The van der Waals surface area contributed by atoms with Gasteiger partial charge in [0.25, 0.3) is 0 Å². The minimum absolute atomic E-state index is 0.00168. The fraction of sp³-hybridized carbons (Fsp3) is 0.722. The van der Waals surface area contributed by atoms with Crippen LogP contribution in [-0.4, -0.2) is 40.8 Å². The molecule has 6 heteroatoms. The predicted octanol–water partition coefficient (Wildman–Crippen LogP) is 2.71. The van der Waals surface area contributed by atoms with Crippen molar-refractivity contribution >= 4 is 29.4 Å². The molecule has 0 unspecified atom stereocenters. The zero-order chi connectivity index (χ0) is 17.9. The molecule has 0 bridgehead atoms. The normalized spacial score (nSPS) is 26.8. The van der Waals surface area contributed by atoms with Gasteiger partial charge in [-0.15, -0.1) is 0 Å².